The Bertz CT molecular complexity index is 786. The molecule has 25 heavy (non-hydrogen) atoms. The molecule has 9 heteroatoms. The maximum absolute atomic E-state index is 12.0. The smallest absolute Gasteiger partial charge is 0.270 e. The van der Waals surface area contributed by atoms with Gasteiger partial charge in [0.2, 0.25) is 0 Å². The Labute approximate surface area is 171 Å². The summed E-state index contributed by atoms with van der Waals surface area (Å²) in [5, 5.41) is 2.39. The number of thiocarbonyl (C=S) groups is 1. The van der Waals surface area contributed by atoms with E-state index in [4.69, 9.17) is 17.0 Å². The van der Waals surface area contributed by atoms with Crippen LogP contribution in [-0.2, 0) is 4.79 Å². The van der Waals surface area contributed by atoms with Gasteiger partial charge in [0.25, 0.3) is 11.8 Å². The minimum absolute atomic E-state index is 0.0244. The zero-order valence-corrected chi connectivity index (χ0v) is 17.3. The quantitative estimate of drug-likeness (QED) is 0.320. The highest BCUT2D eigenvalue weighted by Crippen LogP contribution is 2.15. The van der Waals surface area contributed by atoms with Gasteiger partial charge in [0.1, 0.15) is 5.75 Å². The Balaban J connectivity index is 1.74. The summed E-state index contributed by atoms with van der Waals surface area (Å²) >= 11 is 10.3. The van der Waals surface area contributed by atoms with Gasteiger partial charge in [0.05, 0.1) is 5.56 Å². The first-order chi connectivity index (χ1) is 12.0. The summed E-state index contributed by atoms with van der Waals surface area (Å²) in [7, 11) is 0. The third-order valence-electron chi connectivity index (χ3n) is 2.84. The normalized spacial score (nSPS) is 9.84. The number of benzene rings is 2. The van der Waals surface area contributed by atoms with Crippen LogP contribution in [0, 0.1) is 3.57 Å². The first kappa shape index (κ1) is 19.6. The number of rotatable bonds is 4. The zero-order valence-electron chi connectivity index (χ0n) is 12.7. The maximum Gasteiger partial charge on any atom is 0.270 e. The molecular weight excluding hydrogens is 521 g/mol. The van der Waals surface area contributed by atoms with Crippen molar-refractivity contribution in [1.82, 2.24) is 16.2 Å². The molecule has 0 fully saturated rings. The fraction of sp³-hybridized carbons (Fsp3) is 0.0625. The molecule has 6 nitrogen and oxygen atoms in total. The summed E-state index contributed by atoms with van der Waals surface area (Å²) in [6.45, 7) is -0.200. The summed E-state index contributed by atoms with van der Waals surface area (Å²) in [6, 6.07) is 14.2. The van der Waals surface area contributed by atoms with Crippen molar-refractivity contribution in [2.75, 3.05) is 6.61 Å². The fourth-order valence-electron chi connectivity index (χ4n) is 1.70. The molecule has 2 aromatic carbocycles. The molecule has 0 aliphatic heterocycles. The van der Waals surface area contributed by atoms with E-state index < -0.39 is 5.91 Å². The number of hydrazine groups is 1. The van der Waals surface area contributed by atoms with Crippen LogP contribution in [-0.4, -0.2) is 23.5 Å². The number of ether oxygens (including phenoxy) is 1. The zero-order chi connectivity index (χ0) is 18.2. The predicted molar refractivity (Wildman–Crippen MR) is 110 cm³/mol. The number of hydrogen-bond acceptors (Lipinski definition) is 4. The van der Waals surface area contributed by atoms with E-state index in [-0.39, 0.29) is 17.6 Å². The van der Waals surface area contributed by atoms with Crippen molar-refractivity contribution in [2.45, 2.75) is 0 Å². The third kappa shape index (κ3) is 6.59. The van der Waals surface area contributed by atoms with Crippen molar-refractivity contribution in [3.8, 4) is 5.75 Å². The van der Waals surface area contributed by atoms with Gasteiger partial charge in [-0.2, -0.15) is 0 Å². The molecule has 0 aliphatic rings. The van der Waals surface area contributed by atoms with Crippen molar-refractivity contribution in [3.05, 3.63) is 62.1 Å². The lowest BCUT2D eigenvalue weighted by atomic mass is 10.2. The lowest BCUT2D eigenvalue weighted by molar-refractivity contribution is -0.121. The van der Waals surface area contributed by atoms with E-state index in [1.54, 1.807) is 36.4 Å². The molecule has 0 unspecified atom stereocenters. The van der Waals surface area contributed by atoms with Crippen LogP contribution in [0.2, 0.25) is 0 Å². The first-order valence-corrected chi connectivity index (χ1v) is 9.27. The molecule has 0 bridgehead atoms. The summed E-state index contributed by atoms with van der Waals surface area (Å²) < 4.78 is 7.04. The summed E-state index contributed by atoms with van der Waals surface area (Å²) in [5.41, 5.74) is 5.41. The largest absolute Gasteiger partial charge is 0.484 e. The highest BCUT2D eigenvalue weighted by molar-refractivity contribution is 14.1. The minimum atomic E-state index is -0.441. The Morgan fingerprint density at radius 3 is 2.44 bits per heavy atom. The molecule has 130 valence electrons. The number of hydrogen-bond donors (Lipinski definition) is 3. The van der Waals surface area contributed by atoms with Gasteiger partial charge >= 0.3 is 0 Å². The highest BCUT2D eigenvalue weighted by Gasteiger charge is 2.10. The van der Waals surface area contributed by atoms with E-state index in [1.807, 2.05) is 12.1 Å². The van der Waals surface area contributed by atoms with Crippen molar-refractivity contribution >= 4 is 67.7 Å². The molecule has 2 amide bonds. The lowest BCUT2D eigenvalue weighted by Crippen LogP contribution is -2.49. The Hall–Kier alpha value is -1.72. The van der Waals surface area contributed by atoms with Gasteiger partial charge in [0.15, 0.2) is 11.7 Å². The van der Waals surface area contributed by atoms with Gasteiger partial charge in [-0.15, -0.1) is 0 Å². The fourth-order valence-corrected chi connectivity index (χ4v) is 2.76. The number of halogens is 2. The molecule has 0 aromatic heterocycles. The second-order valence-corrected chi connectivity index (χ2v) is 7.16. The first-order valence-electron chi connectivity index (χ1n) is 6.99. The van der Waals surface area contributed by atoms with Crippen LogP contribution in [0.4, 0.5) is 0 Å². The number of carbonyl (C=O) groups is 2. The molecule has 0 saturated heterocycles. The highest BCUT2D eigenvalue weighted by atomic mass is 127. The third-order valence-corrected chi connectivity index (χ3v) is 4.52. The summed E-state index contributed by atoms with van der Waals surface area (Å²) in [5.74, 6) is -0.235. The van der Waals surface area contributed by atoms with Crippen molar-refractivity contribution in [3.63, 3.8) is 0 Å². The van der Waals surface area contributed by atoms with Crippen LogP contribution in [0.25, 0.3) is 0 Å². The Morgan fingerprint density at radius 1 is 1.08 bits per heavy atom. The molecular formula is C16H13BrIN3O3S. The van der Waals surface area contributed by atoms with Crippen LogP contribution >= 0.6 is 50.7 Å². The van der Waals surface area contributed by atoms with Gasteiger partial charge in [-0.25, -0.2) is 0 Å². The van der Waals surface area contributed by atoms with Crippen molar-refractivity contribution in [2.24, 2.45) is 0 Å². The molecule has 0 heterocycles. The molecule has 0 aliphatic carbocycles. The molecule has 0 radical (unpaired) electrons. The summed E-state index contributed by atoms with van der Waals surface area (Å²) in [4.78, 5) is 23.8. The number of carbonyl (C=O) groups excluding carboxylic acids is 2. The molecule has 3 N–H and O–H groups in total. The standard InChI is InChI=1S/C16H13BrIN3O3S/c17-10-5-7-11(8-6-10)24-9-14(22)19-16(25)21-20-15(23)12-3-1-2-4-13(12)18/h1-8H,9H2,(H,20,23)(H2,19,21,22,25). The van der Waals surface area contributed by atoms with Crippen LogP contribution < -0.4 is 20.9 Å². The van der Waals surface area contributed by atoms with Gasteiger partial charge in [-0.1, -0.05) is 28.1 Å². The molecule has 0 atom stereocenters. The summed E-state index contributed by atoms with van der Waals surface area (Å²) in [6.07, 6.45) is 0. The monoisotopic (exact) mass is 533 g/mol. The minimum Gasteiger partial charge on any atom is -0.484 e. The van der Waals surface area contributed by atoms with Crippen molar-refractivity contribution in [1.29, 1.82) is 0 Å². The van der Waals surface area contributed by atoms with Gasteiger partial charge in [-0.05, 0) is 71.2 Å². The van der Waals surface area contributed by atoms with Crippen molar-refractivity contribution < 1.29 is 14.3 Å². The molecule has 2 rings (SSSR count). The molecule has 0 spiro atoms. The maximum atomic E-state index is 12.0. The van der Waals surface area contributed by atoms with Crippen LogP contribution in [0.1, 0.15) is 10.4 Å². The van der Waals surface area contributed by atoms with E-state index in [2.05, 4.69) is 54.7 Å². The van der Waals surface area contributed by atoms with Gasteiger partial charge in [-0.3, -0.25) is 25.8 Å². The lowest BCUT2D eigenvalue weighted by Gasteiger charge is -2.12. The van der Waals surface area contributed by atoms with E-state index >= 15 is 0 Å². The Kier molecular flexibility index (Phi) is 7.59. The Morgan fingerprint density at radius 2 is 1.76 bits per heavy atom. The second-order valence-electron chi connectivity index (χ2n) is 4.68. The molecule has 2 aromatic rings. The predicted octanol–water partition coefficient (Wildman–Crippen LogP) is 2.77. The van der Waals surface area contributed by atoms with E-state index in [0.717, 1.165) is 8.04 Å². The van der Waals surface area contributed by atoms with Crippen LogP contribution in [0.5, 0.6) is 5.75 Å². The van der Waals surface area contributed by atoms with Crippen LogP contribution in [0.3, 0.4) is 0 Å². The topological polar surface area (TPSA) is 79.5 Å². The van der Waals surface area contributed by atoms with Crippen LogP contribution in [0.15, 0.2) is 53.0 Å². The number of nitrogens with one attached hydrogen (secondary N) is 3. The number of amides is 2. The average Bonchev–Trinajstić information content (AvgIpc) is 2.59. The second kappa shape index (κ2) is 9.68. The SMILES string of the molecule is O=C(COc1ccc(Br)cc1)NC(=S)NNC(=O)c1ccccc1I. The van der Waals surface area contributed by atoms with E-state index in [0.29, 0.717) is 11.3 Å². The molecule has 0 saturated carbocycles. The van der Waals surface area contributed by atoms with E-state index in [9.17, 15) is 9.59 Å². The van der Waals surface area contributed by atoms with Gasteiger partial charge in [0, 0.05) is 8.04 Å². The van der Waals surface area contributed by atoms with Gasteiger partial charge < -0.3 is 4.74 Å². The van der Waals surface area contributed by atoms with E-state index in [1.165, 1.54) is 0 Å². The average molecular weight is 534 g/mol.